The van der Waals surface area contributed by atoms with Crippen LogP contribution in [0.5, 0.6) is 0 Å². The number of hydrogen-bond donors (Lipinski definition) is 2. The van der Waals surface area contributed by atoms with Gasteiger partial charge in [-0.2, -0.15) is 0 Å². The second-order valence-corrected chi connectivity index (χ2v) is 5.90. The fraction of sp³-hybridized carbons (Fsp3) is 1.00. The van der Waals surface area contributed by atoms with E-state index in [9.17, 15) is 0 Å². The van der Waals surface area contributed by atoms with Gasteiger partial charge in [-0.05, 0) is 64.3 Å². The molecule has 2 aliphatic rings. The molecular weight excluding hydrogens is 210 g/mol. The lowest BCUT2D eigenvalue weighted by molar-refractivity contribution is 0.196. The monoisotopic (exact) mass is 239 g/mol. The van der Waals surface area contributed by atoms with Gasteiger partial charge in [-0.3, -0.25) is 0 Å². The van der Waals surface area contributed by atoms with E-state index in [4.69, 9.17) is 0 Å². The largest absolute Gasteiger partial charge is 0.317 e. The SMILES string of the molecule is CC(CNC1CCNCC1)CN1CCCCC1. The first-order chi connectivity index (χ1) is 8.34. The molecule has 0 aromatic rings. The van der Waals surface area contributed by atoms with Crippen LogP contribution >= 0.6 is 0 Å². The van der Waals surface area contributed by atoms with E-state index < -0.39 is 0 Å². The molecule has 0 spiro atoms. The summed E-state index contributed by atoms with van der Waals surface area (Å²) in [6.07, 6.45) is 6.87. The Morgan fingerprint density at radius 1 is 1.18 bits per heavy atom. The van der Waals surface area contributed by atoms with Crippen molar-refractivity contribution in [1.29, 1.82) is 0 Å². The summed E-state index contributed by atoms with van der Waals surface area (Å²) in [5.41, 5.74) is 0. The molecule has 17 heavy (non-hydrogen) atoms. The maximum Gasteiger partial charge on any atom is 0.00913 e. The Labute approximate surface area is 106 Å². The molecule has 0 amide bonds. The summed E-state index contributed by atoms with van der Waals surface area (Å²) >= 11 is 0. The number of likely N-dealkylation sites (tertiary alicyclic amines) is 1. The second-order valence-electron chi connectivity index (χ2n) is 5.90. The van der Waals surface area contributed by atoms with Gasteiger partial charge >= 0.3 is 0 Å². The Balaban J connectivity index is 1.57. The molecule has 2 saturated heterocycles. The van der Waals surface area contributed by atoms with Gasteiger partial charge in [-0.1, -0.05) is 13.3 Å². The molecule has 2 rings (SSSR count). The highest BCUT2D eigenvalue weighted by Crippen LogP contribution is 2.11. The molecule has 3 nitrogen and oxygen atoms in total. The molecular formula is C14H29N3. The van der Waals surface area contributed by atoms with Gasteiger partial charge in [0.05, 0.1) is 0 Å². The fourth-order valence-electron chi connectivity index (χ4n) is 3.04. The minimum Gasteiger partial charge on any atom is -0.317 e. The van der Waals surface area contributed by atoms with Gasteiger partial charge in [0.2, 0.25) is 0 Å². The van der Waals surface area contributed by atoms with Gasteiger partial charge in [-0.15, -0.1) is 0 Å². The van der Waals surface area contributed by atoms with Crippen molar-refractivity contribution < 1.29 is 0 Å². The van der Waals surface area contributed by atoms with E-state index in [-0.39, 0.29) is 0 Å². The second kappa shape index (κ2) is 7.34. The Kier molecular flexibility index (Phi) is 5.75. The highest BCUT2D eigenvalue weighted by atomic mass is 15.1. The van der Waals surface area contributed by atoms with Crippen LogP contribution in [0.2, 0.25) is 0 Å². The lowest BCUT2D eigenvalue weighted by Gasteiger charge is -2.30. The van der Waals surface area contributed by atoms with Crippen molar-refractivity contribution >= 4 is 0 Å². The summed E-state index contributed by atoms with van der Waals surface area (Å²) < 4.78 is 0. The lowest BCUT2D eigenvalue weighted by Crippen LogP contribution is -2.43. The average molecular weight is 239 g/mol. The van der Waals surface area contributed by atoms with E-state index in [2.05, 4.69) is 22.5 Å². The van der Waals surface area contributed by atoms with Gasteiger partial charge in [-0.25, -0.2) is 0 Å². The minimum absolute atomic E-state index is 0.764. The third-order valence-corrected chi connectivity index (χ3v) is 4.11. The van der Waals surface area contributed by atoms with Crippen molar-refractivity contribution in [2.45, 2.75) is 45.1 Å². The normalized spacial score (nSPS) is 25.9. The average Bonchev–Trinajstić information content (AvgIpc) is 2.39. The Morgan fingerprint density at radius 2 is 1.88 bits per heavy atom. The molecule has 2 fully saturated rings. The van der Waals surface area contributed by atoms with Crippen LogP contribution in [-0.2, 0) is 0 Å². The summed E-state index contributed by atoms with van der Waals surface area (Å²) in [4.78, 5) is 2.65. The molecule has 100 valence electrons. The highest BCUT2D eigenvalue weighted by Gasteiger charge is 2.16. The summed E-state index contributed by atoms with van der Waals surface area (Å²) in [5.74, 6) is 0.794. The van der Waals surface area contributed by atoms with Crippen molar-refractivity contribution in [3.63, 3.8) is 0 Å². The van der Waals surface area contributed by atoms with Crippen molar-refractivity contribution in [1.82, 2.24) is 15.5 Å². The van der Waals surface area contributed by atoms with E-state index in [1.807, 2.05) is 0 Å². The van der Waals surface area contributed by atoms with Crippen molar-refractivity contribution in [3.05, 3.63) is 0 Å². The minimum atomic E-state index is 0.764. The number of nitrogens with zero attached hydrogens (tertiary/aromatic N) is 1. The quantitative estimate of drug-likeness (QED) is 0.760. The van der Waals surface area contributed by atoms with Gasteiger partial charge in [0, 0.05) is 12.6 Å². The summed E-state index contributed by atoms with van der Waals surface area (Å²) in [5, 5.41) is 7.16. The Hall–Kier alpha value is -0.120. The van der Waals surface area contributed by atoms with Crippen LogP contribution in [0, 0.1) is 5.92 Å². The molecule has 1 unspecified atom stereocenters. The van der Waals surface area contributed by atoms with E-state index >= 15 is 0 Å². The number of piperidine rings is 2. The molecule has 1 atom stereocenters. The maximum absolute atomic E-state index is 3.74. The number of nitrogens with one attached hydrogen (secondary N) is 2. The van der Waals surface area contributed by atoms with Gasteiger partial charge < -0.3 is 15.5 Å². The fourth-order valence-corrected chi connectivity index (χ4v) is 3.04. The lowest BCUT2D eigenvalue weighted by atomic mass is 10.0. The van der Waals surface area contributed by atoms with Crippen LogP contribution in [0.25, 0.3) is 0 Å². The van der Waals surface area contributed by atoms with E-state index in [0.717, 1.165) is 12.0 Å². The zero-order valence-corrected chi connectivity index (χ0v) is 11.4. The summed E-state index contributed by atoms with van der Waals surface area (Å²) in [6, 6.07) is 0.764. The van der Waals surface area contributed by atoms with Gasteiger partial charge in [0.25, 0.3) is 0 Å². The third kappa shape index (κ3) is 4.94. The van der Waals surface area contributed by atoms with Crippen LogP contribution in [0.3, 0.4) is 0 Å². The van der Waals surface area contributed by atoms with Gasteiger partial charge in [0.1, 0.15) is 0 Å². The molecule has 0 aromatic heterocycles. The van der Waals surface area contributed by atoms with Crippen molar-refractivity contribution in [2.75, 3.05) is 39.3 Å². The number of rotatable bonds is 5. The van der Waals surface area contributed by atoms with E-state index in [0.29, 0.717) is 0 Å². The molecule has 0 bridgehead atoms. The van der Waals surface area contributed by atoms with E-state index in [1.165, 1.54) is 71.4 Å². The third-order valence-electron chi connectivity index (χ3n) is 4.11. The van der Waals surface area contributed by atoms with E-state index in [1.54, 1.807) is 0 Å². The predicted molar refractivity (Wildman–Crippen MR) is 73.3 cm³/mol. The highest BCUT2D eigenvalue weighted by molar-refractivity contribution is 4.76. The van der Waals surface area contributed by atoms with Crippen LogP contribution < -0.4 is 10.6 Å². The zero-order chi connectivity index (χ0) is 11.9. The van der Waals surface area contributed by atoms with Crippen LogP contribution in [0.15, 0.2) is 0 Å². The molecule has 3 heteroatoms. The van der Waals surface area contributed by atoms with Crippen molar-refractivity contribution in [2.24, 2.45) is 5.92 Å². The Bertz CT molecular complexity index is 196. The molecule has 2 aliphatic heterocycles. The molecule has 0 aromatic carbocycles. The molecule has 0 radical (unpaired) electrons. The topological polar surface area (TPSA) is 27.3 Å². The molecule has 0 aliphatic carbocycles. The molecule has 2 heterocycles. The standard InChI is InChI=1S/C14H29N3/c1-13(12-17-9-3-2-4-10-17)11-16-14-5-7-15-8-6-14/h13-16H,2-12H2,1H3. The van der Waals surface area contributed by atoms with Gasteiger partial charge in [0.15, 0.2) is 0 Å². The van der Waals surface area contributed by atoms with Crippen LogP contribution in [0.4, 0.5) is 0 Å². The maximum atomic E-state index is 3.74. The van der Waals surface area contributed by atoms with Crippen LogP contribution in [0.1, 0.15) is 39.0 Å². The summed E-state index contributed by atoms with van der Waals surface area (Å²) in [6.45, 7) is 9.92. The van der Waals surface area contributed by atoms with Crippen LogP contribution in [-0.4, -0.2) is 50.2 Å². The Morgan fingerprint density at radius 3 is 2.59 bits per heavy atom. The zero-order valence-electron chi connectivity index (χ0n) is 11.4. The number of hydrogen-bond acceptors (Lipinski definition) is 3. The molecule has 0 saturated carbocycles. The first kappa shape index (κ1) is 13.3. The first-order valence-electron chi connectivity index (χ1n) is 7.51. The van der Waals surface area contributed by atoms with Crippen molar-refractivity contribution in [3.8, 4) is 0 Å². The predicted octanol–water partition coefficient (Wildman–Crippen LogP) is 1.45. The first-order valence-corrected chi connectivity index (χ1v) is 7.51. The smallest absolute Gasteiger partial charge is 0.00913 e. The molecule has 2 N–H and O–H groups in total. The summed E-state index contributed by atoms with van der Waals surface area (Å²) in [7, 11) is 0.